The van der Waals surface area contributed by atoms with Crippen LogP contribution in [-0.2, 0) is 0 Å². The highest BCUT2D eigenvalue weighted by atomic mass is 16.5. The molecule has 0 aromatic heterocycles. The van der Waals surface area contributed by atoms with Crippen LogP contribution in [-0.4, -0.2) is 12.8 Å². The number of benzene rings is 1. The van der Waals surface area contributed by atoms with Crippen molar-refractivity contribution in [3.8, 4) is 5.75 Å². The third-order valence-electron chi connectivity index (χ3n) is 1.41. The van der Waals surface area contributed by atoms with Crippen molar-refractivity contribution in [1.82, 2.24) is 0 Å². The standard InChI is InChI=1S/C9H12N2O.CH4/c1-2-12-9-5-3-8(4-6-9)7-11-10;/h3-7H,2,10H2,1H3;1H4/b11-7+;. The smallest absolute Gasteiger partial charge is 0.119 e. The number of nitrogens with two attached hydrogens (primary N) is 1. The fourth-order valence-electron chi connectivity index (χ4n) is 0.903. The molecule has 0 saturated heterocycles. The van der Waals surface area contributed by atoms with Gasteiger partial charge < -0.3 is 10.6 Å². The maximum absolute atomic E-state index is 5.26. The van der Waals surface area contributed by atoms with Crippen molar-refractivity contribution in [3.63, 3.8) is 0 Å². The van der Waals surface area contributed by atoms with Crippen molar-refractivity contribution in [1.29, 1.82) is 0 Å². The lowest BCUT2D eigenvalue weighted by molar-refractivity contribution is 0.340. The summed E-state index contributed by atoms with van der Waals surface area (Å²) in [7, 11) is 0. The van der Waals surface area contributed by atoms with E-state index in [1.807, 2.05) is 31.2 Å². The molecule has 0 fully saturated rings. The Balaban J connectivity index is 0.00000144. The third-order valence-corrected chi connectivity index (χ3v) is 1.41. The first kappa shape index (κ1) is 11.5. The molecular weight excluding hydrogens is 164 g/mol. The number of ether oxygens (including phenoxy) is 1. The Morgan fingerprint density at radius 2 is 2.00 bits per heavy atom. The van der Waals surface area contributed by atoms with Gasteiger partial charge in [0.2, 0.25) is 0 Å². The van der Waals surface area contributed by atoms with E-state index in [1.165, 1.54) is 0 Å². The molecule has 1 rings (SSSR count). The van der Waals surface area contributed by atoms with E-state index < -0.39 is 0 Å². The third kappa shape index (κ3) is 3.60. The van der Waals surface area contributed by atoms with Crippen molar-refractivity contribution in [3.05, 3.63) is 29.8 Å². The van der Waals surface area contributed by atoms with Gasteiger partial charge in [0.05, 0.1) is 12.8 Å². The fourth-order valence-corrected chi connectivity index (χ4v) is 0.903. The molecule has 0 aliphatic carbocycles. The predicted molar refractivity (Wildman–Crippen MR) is 56.1 cm³/mol. The van der Waals surface area contributed by atoms with Gasteiger partial charge in [-0.25, -0.2) is 0 Å². The highest BCUT2D eigenvalue weighted by Crippen LogP contribution is 2.10. The molecule has 3 nitrogen and oxygen atoms in total. The lowest BCUT2D eigenvalue weighted by Gasteiger charge is -2.01. The van der Waals surface area contributed by atoms with Crippen LogP contribution in [0, 0.1) is 0 Å². The summed E-state index contributed by atoms with van der Waals surface area (Å²) < 4.78 is 5.26. The second-order valence-electron chi connectivity index (χ2n) is 2.28. The first-order chi connectivity index (χ1) is 5.86. The van der Waals surface area contributed by atoms with Crippen molar-refractivity contribution in [2.75, 3.05) is 6.61 Å². The Morgan fingerprint density at radius 3 is 2.46 bits per heavy atom. The molecule has 72 valence electrons. The van der Waals surface area contributed by atoms with Gasteiger partial charge in [-0.2, -0.15) is 5.10 Å². The topological polar surface area (TPSA) is 47.6 Å². The monoisotopic (exact) mass is 180 g/mol. The molecule has 0 spiro atoms. The average molecular weight is 180 g/mol. The highest BCUT2D eigenvalue weighted by molar-refractivity contribution is 5.79. The second kappa shape index (κ2) is 6.06. The lowest BCUT2D eigenvalue weighted by Crippen LogP contribution is -1.91. The zero-order chi connectivity index (χ0) is 8.81. The zero-order valence-corrected chi connectivity index (χ0v) is 7.03. The molecular formula is C10H16N2O. The van der Waals surface area contributed by atoms with Gasteiger partial charge in [-0.15, -0.1) is 0 Å². The summed E-state index contributed by atoms with van der Waals surface area (Å²) in [6.07, 6.45) is 1.59. The van der Waals surface area contributed by atoms with Crippen molar-refractivity contribution >= 4 is 6.21 Å². The van der Waals surface area contributed by atoms with Gasteiger partial charge in [-0.1, -0.05) is 7.43 Å². The van der Waals surface area contributed by atoms with Crippen LogP contribution in [0.2, 0.25) is 0 Å². The van der Waals surface area contributed by atoms with E-state index in [9.17, 15) is 0 Å². The number of rotatable bonds is 3. The van der Waals surface area contributed by atoms with Crippen LogP contribution in [0.3, 0.4) is 0 Å². The van der Waals surface area contributed by atoms with Crippen LogP contribution in [0.5, 0.6) is 5.75 Å². The normalized spacial score (nSPS) is 9.62. The minimum absolute atomic E-state index is 0. The maximum atomic E-state index is 5.26. The summed E-state index contributed by atoms with van der Waals surface area (Å²) in [6, 6.07) is 7.59. The molecule has 0 unspecified atom stereocenters. The molecule has 2 N–H and O–H groups in total. The second-order valence-corrected chi connectivity index (χ2v) is 2.28. The molecule has 0 bridgehead atoms. The lowest BCUT2D eigenvalue weighted by atomic mass is 10.2. The Kier molecular flexibility index (Phi) is 5.35. The van der Waals surface area contributed by atoms with Gasteiger partial charge in [0.1, 0.15) is 5.75 Å². The highest BCUT2D eigenvalue weighted by Gasteiger charge is 1.90. The number of hydrogen-bond donors (Lipinski definition) is 1. The SMILES string of the molecule is C.CCOc1ccc(/C=N/N)cc1. The van der Waals surface area contributed by atoms with Crippen LogP contribution >= 0.6 is 0 Å². The van der Waals surface area contributed by atoms with Crippen molar-refractivity contribution < 1.29 is 4.74 Å². The van der Waals surface area contributed by atoms with E-state index in [1.54, 1.807) is 6.21 Å². The van der Waals surface area contributed by atoms with Crippen LogP contribution in [0.25, 0.3) is 0 Å². The van der Waals surface area contributed by atoms with E-state index in [0.717, 1.165) is 11.3 Å². The summed E-state index contributed by atoms with van der Waals surface area (Å²) in [4.78, 5) is 0. The van der Waals surface area contributed by atoms with Gasteiger partial charge in [0, 0.05) is 0 Å². The molecule has 3 heteroatoms. The predicted octanol–water partition coefficient (Wildman–Crippen LogP) is 2.01. The molecule has 0 radical (unpaired) electrons. The van der Waals surface area contributed by atoms with Crippen molar-refractivity contribution in [2.45, 2.75) is 14.4 Å². The fraction of sp³-hybridized carbons (Fsp3) is 0.300. The molecule has 0 atom stereocenters. The Labute approximate surface area is 79.2 Å². The number of nitrogens with zero attached hydrogens (tertiary/aromatic N) is 1. The molecule has 0 aliphatic heterocycles. The van der Waals surface area contributed by atoms with E-state index in [4.69, 9.17) is 10.6 Å². The molecule has 0 aliphatic rings. The van der Waals surface area contributed by atoms with Gasteiger partial charge in [0.25, 0.3) is 0 Å². The van der Waals surface area contributed by atoms with Gasteiger partial charge in [0.15, 0.2) is 0 Å². The Morgan fingerprint density at radius 1 is 1.38 bits per heavy atom. The molecule has 0 saturated carbocycles. The quantitative estimate of drug-likeness (QED) is 0.439. The van der Waals surface area contributed by atoms with Crippen LogP contribution < -0.4 is 10.6 Å². The van der Waals surface area contributed by atoms with Crippen molar-refractivity contribution in [2.24, 2.45) is 10.9 Å². The molecule has 1 aromatic carbocycles. The Bertz CT molecular complexity index is 254. The minimum Gasteiger partial charge on any atom is -0.494 e. The van der Waals surface area contributed by atoms with Gasteiger partial charge in [-0.3, -0.25) is 0 Å². The van der Waals surface area contributed by atoms with E-state index in [0.29, 0.717) is 6.61 Å². The molecule has 0 amide bonds. The summed E-state index contributed by atoms with van der Waals surface area (Å²) in [5.41, 5.74) is 0.973. The summed E-state index contributed by atoms with van der Waals surface area (Å²) in [5, 5.41) is 3.42. The summed E-state index contributed by atoms with van der Waals surface area (Å²) >= 11 is 0. The number of hydrazone groups is 1. The zero-order valence-electron chi connectivity index (χ0n) is 7.03. The Hall–Kier alpha value is -1.51. The van der Waals surface area contributed by atoms with E-state index in [2.05, 4.69) is 5.10 Å². The first-order valence-electron chi connectivity index (χ1n) is 3.83. The van der Waals surface area contributed by atoms with E-state index in [-0.39, 0.29) is 7.43 Å². The van der Waals surface area contributed by atoms with Gasteiger partial charge in [-0.05, 0) is 36.8 Å². The largest absolute Gasteiger partial charge is 0.494 e. The summed E-state index contributed by atoms with van der Waals surface area (Å²) in [5.74, 6) is 5.86. The minimum atomic E-state index is 0. The molecule has 13 heavy (non-hydrogen) atoms. The van der Waals surface area contributed by atoms with Crippen LogP contribution in [0.4, 0.5) is 0 Å². The van der Waals surface area contributed by atoms with Crippen LogP contribution in [0.1, 0.15) is 19.9 Å². The molecule has 0 heterocycles. The number of hydrogen-bond acceptors (Lipinski definition) is 3. The first-order valence-corrected chi connectivity index (χ1v) is 3.83. The van der Waals surface area contributed by atoms with Crippen LogP contribution in [0.15, 0.2) is 29.4 Å². The summed E-state index contributed by atoms with van der Waals surface area (Å²) in [6.45, 7) is 2.64. The van der Waals surface area contributed by atoms with Gasteiger partial charge >= 0.3 is 0 Å². The average Bonchev–Trinajstić information content (AvgIpc) is 2.09. The molecule has 1 aromatic rings. The van der Waals surface area contributed by atoms with E-state index >= 15 is 0 Å². The maximum Gasteiger partial charge on any atom is 0.119 e.